The standard InChI is InChI=1S/C14H13Br2NO/c15-13-4-2-1-3-11(13)9-18-12-6-5-10(8-17)14(16)7-12/h1-7H,8-9,17H2. The number of benzene rings is 2. The second kappa shape index (κ2) is 6.36. The van der Waals surface area contributed by atoms with Crippen molar-refractivity contribution in [2.45, 2.75) is 13.2 Å². The maximum absolute atomic E-state index is 5.75. The molecule has 0 aromatic heterocycles. The van der Waals surface area contributed by atoms with E-state index in [0.717, 1.165) is 25.8 Å². The van der Waals surface area contributed by atoms with E-state index >= 15 is 0 Å². The Morgan fingerprint density at radius 3 is 2.39 bits per heavy atom. The van der Waals surface area contributed by atoms with Gasteiger partial charge in [-0.15, -0.1) is 0 Å². The van der Waals surface area contributed by atoms with Crippen molar-refractivity contribution in [1.82, 2.24) is 0 Å². The fourth-order valence-electron chi connectivity index (χ4n) is 1.56. The molecule has 0 spiro atoms. The van der Waals surface area contributed by atoms with Crippen molar-refractivity contribution >= 4 is 31.9 Å². The van der Waals surface area contributed by atoms with E-state index in [1.165, 1.54) is 0 Å². The molecular weight excluding hydrogens is 358 g/mol. The molecule has 0 amide bonds. The minimum Gasteiger partial charge on any atom is -0.489 e. The zero-order valence-corrected chi connectivity index (χ0v) is 12.9. The van der Waals surface area contributed by atoms with E-state index in [1.54, 1.807) is 0 Å². The highest BCUT2D eigenvalue weighted by Crippen LogP contribution is 2.24. The monoisotopic (exact) mass is 369 g/mol. The Morgan fingerprint density at radius 2 is 1.72 bits per heavy atom. The van der Waals surface area contributed by atoms with Gasteiger partial charge >= 0.3 is 0 Å². The summed E-state index contributed by atoms with van der Waals surface area (Å²) in [4.78, 5) is 0. The van der Waals surface area contributed by atoms with Crippen molar-refractivity contribution in [2.24, 2.45) is 5.73 Å². The Bertz CT molecular complexity index is 543. The molecule has 0 radical (unpaired) electrons. The van der Waals surface area contributed by atoms with Crippen LogP contribution in [0.25, 0.3) is 0 Å². The molecule has 2 nitrogen and oxygen atoms in total. The van der Waals surface area contributed by atoms with Crippen LogP contribution in [0.5, 0.6) is 5.75 Å². The van der Waals surface area contributed by atoms with Gasteiger partial charge in [0.2, 0.25) is 0 Å². The van der Waals surface area contributed by atoms with Gasteiger partial charge in [0.1, 0.15) is 12.4 Å². The molecule has 0 saturated heterocycles. The maximum Gasteiger partial charge on any atom is 0.120 e. The molecule has 2 rings (SSSR count). The van der Waals surface area contributed by atoms with Crippen LogP contribution in [0.15, 0.2) is 51.4 Å². The van der Waals surface area contributed by atoms with Gasteiger partial charge < -0.3 is 10.5 Å². The van der Waals surface area contributed by atoms with E-state index in [1.807, 2.05) is 42.5 Å². The van der Waals surface area contributed by atoms with Crippen LogP contribution < -0.4 is 10.5 Å². The van der Waals surface area contributed by atoms with Crippen molar-refractivity contribution in [3.8, 4) is 5.75 Å². The van der Waals surface area contributed by atoms with E-state index in [-0.39, 0.29) is 0 Å². The summed E-state index contributed by atoms with van der Waals surface area (Å²) in [5, 5.41) is 0. The summed E-state index contributed by atoms with van der Waals surface area (Å²) in [6, 6.07) is 13.9. The molecule has 2 aromatic carbocycles. The molecule has 0 fully saturated rings. The van der Waals surface area contributed by atoms with E-state index < -0.39 is 0 Å². The first-order chi connectivity index (χ1) is 8.70. The van der Waals surface area contributed by atoms with Crippen LogP contribution >= 0.6 is 31.9 Å². The van der Waals surface area contributed by atoms with E-state index in [4.69, 9.17) is 10.5 Å². The number of nitrogens with two attached hydrogens (primary N) is 1. The van der Waals surface area contributed by atoms with Crippen LogP contribution in [0, 0.1) is 0 Å². The Kier molecular flexibility index (Phi) is 4.80. The molecule has 0 bridgehead atoms. The molecule has 0 aliphatic heterocycles. The molecule has 18 heavy (non-hydrogen) atoms. The van der Waals surface area contributed by atoms with E-state index in [9.17, 15) is 0 Å². The largest absolute Gasteiger partial charge is 0.489 e. The van der Waals surface area contributed by atoms with Gasteiger partial charge in [-0.05, 0) is 23.8 Å². The minimum absolute atomic E-state index is 0.519. The van der Waals surface area contributed by atoms with Crippen molar-refractivity contribution in [3.05, 3.63) is 62.5 Å². The SMILES string of the molecule is NCc1ccc(OCc2ccccc2Br)cc1Br. The summed E-state index contributed by atoms with van der Waals surface area (Å²) in [5.41, 5.74) is 7.80. The van der Waals surface area contributed by atoms with E-state index in [2.05, 4.69) is 31.9 Å². The van der Waals surface area contributed by atoms with Gasteiger partial charge in [0.15, 0.2) is 0 Å². The Balaban J connectivity index is 2.07. The first-order valence-corrected chi connectivity index (χ1v) is 7.14. The summed E-state index contributed by atoms with van der Waals surface area (Å²) in [5.74, 6) is 0.829. The highest BCUT2D eigenvalue weighted by atomic mass is 79.9. The average Bonchev–Trinajstić information content (AvgIpc) is 2.38. The lowest BCUT2D eigenvalue weighted by Crippen LogP contribution is -1.99. The third kappa shape index (κ3) is 3.34. The zero-order valence-electron chi connectivity index (χ0n) is 9.70. The molecule has 0 aliphatic carbocycles. The molecule has 0 aliphatic rings. The molecule has 0 unspecified atom stereocenters. The van der Waals surface area contributed by atoms with Crippen molar-refractivity contribution in [3.63, 3.8) is 0 Å². The lowest BCUT2D eigenvalue weighted by Gasteiger charge is -2.09. The number of halogens is 2. The van der Waals surface area contributed by atoms with Crippen LogP contribution in [-0.2, 0) is 13.2 Å². The fourth-order valence-corrected chi connectivity index (χ4v) is 2.48. The predicted molar refractivity (Wildman–Crippen MR) is 80.5 cm³/mol. The molecule has 0 saturated carbocycles. The van der Waals surface area contributed by atoms with Crippen LogP contribution in [0.2, 0.25) is 0 Å². The van der Waals surface area contributed by atoms with Crippen molar-refractivity contribution < 1.29 is 4.74 Å². The second-order valence-corrected chi connectivity index (χ2v) is 5.55. The van der Waals surface area contributed by atoms with Crippen LogP contribution in [0.4, 0.5) is 0 Å². The quantitative estimate of drug-likeness (QED) is 0.873. The predicted octanol–water partition coefficient (Wildman–Crippen LogP) is 4.25. The van der Waals surface area contributed by atoms with Gasteiger partial charge in [-0.3, -0.25) is 0 Å². The number of hydrogen-bond acceptors (Lipinski definition) is 2. The van der Waals surface area contributed by atoms with Crippen LogP contribution in [0.1, 0.15) is 11.1 Å². The third-order valence-corrected chi connectivity index (χ3v) is 4.11. The maximum atomic E-state index is 5.75. The molecule has 0 heterocycles. The van der Waals surface area contributed by atoms with E-state index in [0.29, 0.717) is 13.2 Å². The first kappa shape index (κ1) is 13.6. The summed E-state index contributed by atoms with van der Waals surface area (Å²) in [7, 11) is 0. The molecular formula is C14H13Br2NO. The van der Waals surface area contributed by atoms with Gasteiger partial charge in [0, 0.05) is 21.1 Å². The first-order valence-electron chi connectivity index (χ1n) is 5.55. The average molecular weight is 371 g/mol. The van der Waals surface area contributed by atoms with Crippen LogP contribution in [0.3, 0.4) is 0 Å². The zero-order chi connectivity index (χ0) is 13.0. The summed E-state index contributed by atoms with van der Waals surface area (Å²) >= 11 is 6.98. The molecule has 2 aromatic rings. The molecule has 2 N–H and O–H groups in total. The van der Waals surface area contributed by atoms with Gasteiger partial charge in [-0.2, -0.15) is 0 Å². The Hall–Kier alpha value is -0.840. The van der Waals surface area contributed by atoms with Gasteiger partial charge in [0.25, 0.3) is 0 Å². The number of rotatable bonds is 4. The van der Waals surface area contributed by atoms with Crippen molar-refractivity contribution in [2.75, 3.05) is 0 Å². The fraction of sp³-hybridized carbons (Fsp3) is 0.143. The molecule has 0 atom stereocenters. The third-order valence-electron chi connectivity index (χ3n) is 2.60. The lowest BCUT2D eigenvalue weighted by molar-refractivity contribution is 0.305. The normalized spacial score (nSPS) is 10.4. The molecule has 4 heteroatoms. The Labute approximate surface area is 123 Å². The second-order valence-electron chi connectivity index (χ2n) is 3.84. The van der Waals surface area contributed by atoms with Gasteiger partial charge in [0.05, 0.1) is 0 Å². The smallest absolute Gasteiger partial charge is 0.120 e. The summed E-state index contributed by atoms with van der Waals surface area (Å²) in [6.07, 6.45) is 0. The number of hydrogen-bond donors (Lipinski definition) is 1. The minimum atomic E-state index is 0.519. The van der Waals surface area contributed by atoms with Gasteiger partial charge in [-0.1, -0.05) is 56.1 Å². The Morgan fingerprint density at radius 1 is 0.944 bits per heavy atom. The van der Waals surface area contributed by atoms with Gasteiger partial charge in [-0.25, -0.2) is 0 Å². The molecule has 94 valence electrons. The summed E-state index contributed by atoms with van der Waals surface area (Å²) < 4.78 is 7.79. The van der Waals surface area contributed by atoms with Crippen molar-refractivity contribution in [1.29, 1.82) is 0 Å². The summed E-state index contributed by atoms with van der Waals surface area (Å²) in [6.45, 7) is 1.06. The highest BCUT2D eigenvalue weighted by molar-refractivity contribution is 9.10. The highest BCUT2D eigenvalue weighted by Gasteiger charge is 2.03. The lowest BCUT2D eigenvalue weighted by atomic mass is 10.2. The topological polar surface area (TPSA) is 35.2 Å². The van der Waals surface area contributed by atoms with Crippen LogP contribution in [-0.4, -0.2) is 0 Å². The number of ether oxygens (including phenoxy) is 1.